The molecule has 0 radical (unpaired) electrons. The third-order valence-electron chi connectivity index (χ3n) is 2.54. The normalized spacial score (nSPS) is 11.9. The van der Waals surface area contributed by atoms with Crippen LogP contribution < -0.4 is 5.73 Å². The summed E-state index contributed by atoms with van der Waals surface area (Å²) in [6, 6.07) is 0.0489. The standard InChI is InChI=1S/C14H22N2OS/c1-2-3-7-13(15)12-17-10-6-4-5-8-14-16-9-11-18-14/h9,11,13H,4-8,10,12,15H2,1H3. The highest BCUT2D eigenvalue weighted by atomic mass is 32.1. The summed E-state index contributed by atoms with van der Waals surface area (Å²) in [7, 11) is 0. The monoisotopic (exact) mass is 266 g/mol. The molecule has 0 saturated carbocycles. The molecule has 0 fully saturated rings. The zero-order chi connectivity index (χ0) is 13.1. The molecule has 0 amide bonds. The Morgan fingerprint density at radius 3 is 3.06 bits per heavy atom. The van der Waals surface area contributed by atoms with E-state index in [0.717, 1.165) is 25.9 Å². The van der Waals surface area contributed by atoms with Gasteiger partial charge in [-0.15, -0.1) is 23.2 Å². The Kier molecular flexibility index (Phi) is 8.49. The van der Waals surface area contributed by atoms with Crippen molar-refractivity contribution in [3.8, 4) is 11.8 Å². The topological polar surface area (TPSA) is 48.1 Å². The molecule has 100 valence electrons. The van der Waals surface area contributed by atoms with E-state index in [2.05, 4.69) is 16.8 Å². The van der Waals surface area contributed by atoms with E-state index in [1.807, 2.05) is 18.5 Å². The lowest BCUT2D eigenvalue weighted by molar-refractivity contribution is 0.118. The molecule has 0 spiro atoms. The molecule has 0 saturated heterocycles. The van der Waals surface area contributed by atoms with E-state index >= 15 is 0 Å². The predicted molar refractivity (Wildman–Crippen MR) is 76.5 cm³/mol. The first kappa shape index (κ1) is 15.2. The van der Waals surface area contributed by atoms with Gasteiger partial charge in [0.15, 0.2) is 0 Å². The maximum Gasteiger partial charge on any atom is 0.0924 e. The minimum Gasteiger partial charge on any atom is -0.380 e. The van der Waals surface area contributed by atoms with Crippen LogP contribution in [0.25, 0.3) is 0 Å². The first-order valence-corrected chi connectivity index (χ1v) is 7.32. The van der Waals surface area contributed by atoms with Crippen LogP contribution in [0, 0.1) is 11.8 Å². The molecule has 1 aromatic rings. The largest absolute Gasteiger partial charge is 0.380 e. The van der Waals surface area contributed by atoms with Crippen molar-refractivity contribution in [3.63, 3.8) is 0 Å². The Balaban J connectivity index is 1.87. The third kappa shape index (κ3) is 7.44. The van der Waals surface area contributed by atoms with Crippen LogP contribution in [0.4, 0.5) is 0 Å². The van der Waals surface area contributed by atoms with E-state index in [1.165, 1.54) is 17.8 Å². The maximum atomic E-state index is 5.83. The molecule has 0 aliphatic heterocycles. The number of thiazole rings is 1. The quantitative estimate of drug-likeness (QED) is 0.552. The van der Waals surface area contributed by atoms with E-state index < -0.39 is 0 Å². The fourth-order valence-corrected chi connectivity index (χ4v) is 2.22. The molecule has 1 heterocycles. The van der Waals surface area contributed by atoms with E-state index in [-0.39, 0.29) is 6.04 Å². The van der Waals surface area contributed by atoms with Gasteiger partial charge in [0.2, 0.25) is 0 Å². The molecule has 3 nitrogen and oxygen atoms in total. The van der Waals surface area contributed by atoms with Crippen LogP contribution in [0.5, 0.6) is 0 Å². The zero-order valence-corrected chi connectivity index (χ0v) is 11.8. The van der Waals surface area contributed by atoms with Gasteiger partial charge in [-0.25, -0.2) is 4.98 Å². The Labute approximate surface area is 114 Å². The highest BCUT2D eigenvalue weighted by molar-refractivity contribution is 7.09. The summed E-state index contributed by atoms with van der Waals surface area (Å²) in [5.74, 6) is 5.80. The number of nitrogens with two attached hydrogens (primary N) is 1. The van der Waals surface area contributed by atoms with Crippen LogP contribution in [-0.4, -0.2) is 24.2 Å². The second kappa shape index (κ2) is 10.1. The number of rotatable bonds is 9. The molecule has 1 rings (SSSR count). The van der Waals surface area contributed by atoms with E-state index in [1.54, 1.807) is 11.3 Å². The Bertz CT molecular complexity index is 354. The summed E-state index contributed by atoms with van der Waals surface area (Å²) < 4.78 is 5.52. The summed E-state index contributed by atoms with van der Waals surface area (Å²) in [6.07, 6.45) is 7.14. The molecular weight excluding hydrogens is 244 g/mol. The predicted octanol–water partition coefficient (Wildman–Crippen LogP) is 2.61. The molecular formula is C14H22N2OS. The molecule has 1 aromatic heterocycles. The van der Waals surface area contributed by atoms with Gasteiger partial charge in [-0.2, -0.15) is 0 Å². The molecule has 18 heavy (non-hydrogen) atoms. The minimum absolute atomic E-state index is 0.0489. The van der Waals surface area contributed by atoms with Crippen molar-refractivity contribution in [2.45, 2.75) is 45.1 Å². The van der Waals surface area contributed by atoms with Crippen LogP contribution in [0.3, 0.4) is 0 Å². The Morgan fingerprint density at radius 1 is 1.44 bits per heavy atom. The van der Waals surface area contributed by atoms with Crippen LogP contribution in [0.2, 0.25) is 0 Å². The van der Waals surface area contributed by atoms with Crippen molar-refractivity contribution in [1.82, 2.24) is 4.98 Å². The summed E-state index contributed by atoms with van der Waals surface area (Å²) in [5, 5.41) is 3.26. The number of nitrogens with zero attached hydrogens (tertiary/aromatic N) is 1. The molecule has 2 N–H and O–H groups in total. The van der Waals surface area contributed by atoms with Crippen LogP contribution in [0.1, 0.15) is 37.6 Å². The number of unbranched alkanes of at least 4 members (excludes halogenated alkanes) is 2. The van der Waals surface area contributed by atoms with Crippen LogP contribution in [0.15, 0.2) is 11.6 Å². The van der Waals surface area contributed by atoms with Gasteiger partial charge in [0.25, 0.3) is 0 Å². The Hall–Kier alpha value is -0.890. The lowest BCUT2D eigenvalue weighted by atomic mass is 10.2. The van der Waals surface area contributed by atoms with E-state index in [9.17, 15) is 0 Å². The summed E-state index contributed by atoms with van der Waals surface area (Å²) in [6.45, 7) is 3.24. The molecule has 0 bridgehead atoms. The number of hydrogen-bond donors (Lipinski definition) is 1. The van der Waals surface area contributed by atoms with Crippen molar-refractivity contribution in [1.29, 1.82) is 0 Å². The number of ether oxygens (including phenoxy) is 1. The van der Waals surface area contributed by atoms with Gasteiger partial charge in [-0.3, -0.25) is 0 Å². The second-order valence-corrected chi connectivity index (χ2v) is 5.18. The zero-order valence-electron chi connectivity index (χ0n) is 11.0. The Morgan fingerprint density at radius 2 is 2.33 bits per heavy atom. The molecule has 0 aliphatic rings. The lowest BCUT2D eigenvalue weighted by Crippen LogP contribution is -2.25. The minimum atomic E-state index is 0.0489. The molecule has 0 aliphatic carbocycles. The average Bonchev–Trinajstić information content (AvgIpc) is 2.88. The first-order valence-electron chi connectivity index (χ1n) is 6.44. The summed E-state index contributed by atoms with van der Waals surface area (Å²) in [5.41, 5.74) is 5.83. The van der Waals surface area contributed by atoms with Crippen molar-refractivity contribution < 1.29 is 4.74 Å². The third-order valence-corrected chi connectivity index (χ3v) is 3.38. The summed E-state index contributed by atoms with van der Waals surface area (Å²) >= 11 is 1.73. The lowest BCUT2D eigenvalue weighted by Gasteiger charge is -2.08. The number of hydrogen-bond acceptors (Lipinski definition) is 4. The molecule has 1 atom stereocenters. The van der Waals surface area contributed by atoms with Crippen LogP contribution >= 0.6 is 11.3 Å². The fourth-order valence-electron chi connectivity index (χ4n) is 1.56. The van der Waals surface area contributed by atoms with E-state index in [4.69, 9.17) is 10.5 Å². The van der Waals surface area contributed by atoms with Gasteiger partial charge in [-0.1, -0.05) is 6.42 Å². The SMILES string of the molecule is CC#CCC(N)COCCCCCc1nccs1. The molecule has 4 heteroatoms. The average molecular weight is 266 g/mol. The van der Waals surface area contributed by atoms with Gasteiger partial charge in [0.05, 0.1) is 11.6 Å². The second-order valence-electron chi connectivity index (χ2n) is 4.20. The maximum absolute atomic E-state index is 5.83. The van der Waals surface area contributed by atoms with Gasteiger partial charge < -0.3 is 10.5 Å². The van der Waals surface area contributed by atoms with Crippen LogP contribution in [-0.2, 0) is 11.2 Å². The number of aromatic nitrogens is 1. The fraction of sp³-hybridized carbons (Fsp3) is 0.643. The molecule has 0 aromatic carbocycles. The van der Waals surface area contributed by atoms with Crippen molar-refractivity contribution in [2.24, 2.45) is 5.73 Å². The summed E-state index contributed by atoms with van der Waals surface area (Å²) in [4.78, 5) is 4.26. The number of aryl methyl sites for hydroxylation is 1. The van der Waals surface area contributed by atoms with Crippen molar-refractivity contribution in [2.75, 3.05) is 13.2 Å². The van der Waals surface area contributed by atoms with Gasteiger partial charge in [-0.05, 0) is 26.2 Å². The van der Waals surface area contributed by atoms with E-state index in [0.29, 0.717) is 6.61 Å². The van der Waals surface area contributed by atoms with Crippen molar-refractivity contribution >= 4 is 11.3 Å². The highest BCUT2D eigenvalue weighted by Crippen LogP contribution is 2.09. The highest BCUT2D eigenvalue weighted by Gasteiger charge is 2.00. The van der Waals surface area contributed by atoms with Crippen molar-refractivity contribution in [3.05, 3.63) is 16.6 Å². The van der Waals surface area contributed by atoms with Gasteiger partial charge in [0.1, 0.15) is 0 Å². The first-order chi connectivity index (χ1) is 8.83. The molecule has 1 unspecified atom stereocenters. The van der Waals surface area contributed by atoms with Gasteiger partial charge in [0, 0.05) is 30.6 Å². The van der Waals surface area contributed by atoms with Gasteiger partial charge >= 0.3 is 0 Å². The smallest absolute Gasteiger partial charge is 0.0924 e.